The van der Waals surface area contributed by atoms with Crippen LogP contribution in [0.25, 0.3) is 6.08 Å². The smallest absolute Gasteiger partial charge is 0.270 e. The lowest BCUT2D eigenvalue weighted by Gasteiger charge is -2.16. The van der Waals surface area contributed by atoms with Gasteiger partial charge in [0.25, 0.3) is 6.08 Å². The molecule has 0 atom stereocenters. The van der Waals surface area contributed by atoms with E-state index in [1.165, 1.54) is 0 Å². The number of benzene rings is 2. The Morgan fingerprint density at radius 3 is 2.50 bits per heavy atom. The molecule has 2 aromatic carbocycles. The van der Waals surface area contributed by atoms with Crippen molar-refractivity contribution in [1.29, 1.82) is 0 Å². The largest absolute Gasteiger partial charge is 0.455 e. The van der Waals surface area contributed by atoms with Gasteiger partial charge in [0.1, 0.15) is 11.5 Å². The summed E-state index contributed by atoms with van der Waals surface area (Å²) in [6, 6.07) is 12.1. The average Bonchev–Trinajstić information content (AvgIpc) is 2.43. The normalized spacial score (nSPS) is 10.6. The number of rotatable bonds is 5. The molecule has 2 N–H and O–H groups in total. The quantitative estimate of drug-likeness (QED) is 0.834. The summed E-state index contributed by atoms with van der Waals surface area (Å²) in [6.45, 7) is 0.629. The number of ether oxygens (including phenoxy) is 1. The van der Waals surface area contributed by atoms with E-state index in [9.17, 15) is 8.78 Å². The van der Waals surface area contributed by atoms with Gasteiger partial charge in [-0.15, -0.1) is 0 Å². The summed E-state index contributed by atoms with van der Waals surface area (Å²) >= 11 is 0. The molecule has 0 spiro atoms. The monoisotopic (exact) mass is 304 g/mol. The van der Waals surface area contributed by atoms with Crippen molar-refractivity contribution in [2.75, 3.05) is 19.8 Å². The Morgan fingerprint density at radius 1 is 1.14 bits per heavy atom. The third-order valence-electron chi connectivity index (χ3n) is 2.99. The molecule has 0 amide bonds. The van der Waals surface area contributed by atoms with Crippen LogP contribution in [0.1, 0.15) is 11.1 Å². The van der Waals surface area contributed by atoms with Crippen molar-refractivity contribution in [3.05, 3.63) is 59.7 Å². The van der Waals surface area contributed by atoms with E-state index in [1.807, 2.05) is 25.1 Å². The van der Waals surface area contributed by atoms with Crippen molar-refractivity contribution in [1.82, 2.24) is 4.90 Å². The van der Waals surface area contributed by atoms with Crippen LogP contribution in [0.3, 0.4) is 0 Å². The van der Waals surface area contributed by atoms with Gasteiger partial charge < -0.3 is 15.4 Å². The molecule has 2 rings (SSSR count). The molecule has 0 saturated heterocycles. The van der Waals surface area contributed by atoms with Crippen LogP contribution in [0.4, 0.5) is 14.5 Å². The molecule has 0 radical (unpaired) electrons. The van der Waals surface area contributed by atoms with Gasteiger partial charge in [-0.1, -0.05) is 24.3 Å². The van der Waals surface area contributed by atoms with E-state index in [1.54, 1.807) is 36.4 Å². The molecule has 0 heterocycles. The van der Waals surface area contributed by atoms with Gasteiger partial charge in [0.2, 0.25) is 0 Å². The van der Waals surface area contributed by atoms with Crippen LogP contribution in [0.2, 0.25) is 0 Å². The van der Waals surface area contributed by atoms with E-state index < -0.39 is 6.08 Å². The fraction of sp³-hybridized carbons (Fsp3) is 0.176. The highest BCUT2D eigenvalue weighted by atomic mass is 19.3. The van der Waals surface area contributed by atoms with E-state index in [4.69, 9.17) is 10.5 Å². The Hall–Kier alpha value is -2.40. The predicted octanol–water partition coefficient (Wildman–Crippen LogP) is 4.36. The summed E-state index contributed by atoms with van der Waals surface area (Å²) < 4.78 is 30.7. The minimum Gasteiger partial charge on any atom is -0.455 e. The van der Waals surface area contributed by atoms with Crippen molar-refractivity contribution in [3.63, 3.8) is 0 Å². The average molecular weight is 304 g/mol. The third-order valence-corrected chi connectivity index (χ3v) is 2.99. The predicted molar refractivity (Wildman–Crippen MR) is 85.0 cm³/mol. The fourth-order valence-corrected chi connectivity index (χ4v) is 2.05. The minimum atomic E-state index is -1.74. The zero-order valence-electron chi connectivity index (χ0n) is 12.5. The SMILES string of the molecule is CN(C)Cc1ccc(C=C(F)F)cc1Oc1ccccc1N. The Balaban J connectivity index is 2.40. The van der Waals surface area contributed by atoms with Crippen LogP contribution >= 0.6 is 0 Å². The molecule has 0 fully saturated rings. The molecule has 0 bridgehead atoms. The van der Waals surface area contributed by atoms with Gasteiger partial charge in [-0.25, -0.2) is 0 Å². The number of hydrogen-bond acceptors (Lipinski definition) is 3. The summed E-state index contributed by atoms with van der Waals surface area (Å²) in [6.07, 6.45) is -0.939. The highest BCUT2D eigenvalue weighted by molar-refractivity contribution is 5.58. The van der Waals surface area contributed by atoms with E-state index in [0.717, 1.165) is 11.6 Å². The van der Waals surface area contributed by atoms with Crippen molar-refractivity contribution >= 4 is 11.8 Å². The molecule has 0 aliphatic carbocycles. The number of hydrogen-bond donors (Lipinski definition) is 1. The second kappa shape index (κ2) is 7.04. The molecular weight excluding hydrogens is 286 g/mol. The van der Waals surface area contributed by atoms with E-state index in [0.29, 0.717) is 29.3 Å². The second-order valence-electron chi connectivity index (χ2n) is 5.18. The van der Waals surface area contributed by atoms with Crippen LogP contribution in [0, 0.1) is 0 Å². The molecule has 0 saturated carbocycles. The summed E-state index contributed by atoms with van der Waals surface area (Å²) in [5.41, 5.74) is 7.64. The number of para-hydroxylation sites is 2. The molecular formula is C17H18F2N2O. The van der Waals surface area contributed by atoms with Crippen molar-refractivity contribution < 1.29 is 13.5 Å². The van der Waals surface area contributed by atoms with Crippen molar-refractivity contribution in [3.8, 4) is 11.5 Å². The van der Waals surface area contributed by atoms with Crippen molar-refractivity contribution in [2.45, 2.75) is 6.54 Å². The topological polar surface area (TPSA) is 38.5 Å². The van der Waals surface area contributed by atoms with Crippen LogP contribution in [-0.2, 0) is 6.54 Å². The minimum absolute atomic E-state index is 0.381. The molecule has 3 nitrogen and oxygen atoms in total. The standard InChI is InChI=1S/C17H18F2N2O/c1-21(2)11-13-8-7-12(10-17(18)19)9-16(13)22-15-6-4-3-5-14(15)20/h3-10H,11,20H2,1-2H3. The lowest BCUT2D eigenvalue weighted by Crippen LogP contribution is -2.11. The molecule has 0 aliphatic rings. The summed E-state index contributed by atoms with van der Waals surface area (Å²) in [7, 11) is 3.85. The Kier molecular flexibility index (Phi) is 5.12. The molecule has 2 aromatic rings. The number of halogens is 2. The van der Waals surface area contributed by atoms with Gasteiger partial charge in [0.05, 0.1) is 5.69 Å². The first-order chi connectivity index (χ1) is 10.5. The maximum Gasteiger partial charge on any atom is 0.270 e. The lowest BCUT2D eigenvalue weighted by molar-refractivity contribution is 0.389. The van der Waals surface area contributed by atoms with E-state index >= 15 is 0 Å². The molecule has 0 unspecified atom stereocenters. The third kappa shape index (κ3) is 4.30. The fourth-order valence-electron chi connectivity index (χ4n) is 2.05. The first-order valence-electron chi connectivity index (χ1n) is 6.78. The molecule has 22 heavy (non-hydrogen) atoms. The Morgan fingerprint density at radius 2 is 1.86 bits per heavy atom. The van der Waals surface area contributed by atoms with Crippen LogP contribution in [0.5, 0.6) is 11.5 Å². The number of nitrogens with two attached hydrogens (primary N) is 1. The number of anilines is 1. The number of nitrogen functional groups attached to an aromatic ring is 1. The van der Waals surface area contributed by atoms with Gasteiger partial charge in [-0.3, -0.25) is 0 Å². The van der Waals surface area contributed by atoms with E-state index in [2.05, 4.69) is 0 Å². The summed E-state index contributed by atoms with van der Waals surface area (Å²) in [5.74, 6) is 1.02. The van der Waals surface area contributed by atoms with Gasteiger partial charge in [0, 0.05) is 18.2 Å². The molecule has 0 aromatic heterocycles. The zero-order chi connectivity index (χ0) is 16.1. The maximum atomic E-state index is 12.4. The van der Waals surface area contributed by atoms with E-state index in [-0.39, 0.29) is 0 Å². The maximum absolute atomic E-state index is 12.4. The van der Waals surface area contributed by atoms with Gasteiger partial charge in [-0.05, 0) is 37.9 Å². The molecule has 116 valence electrons. The number of nitrogens with zero attached hydrogens (tertiary/aromatic N) is 1. The zero-order valence-corrected chi connectivity index (χ0v) is 12.5. The van der Waals surface area contributed by atoms with Gasteiger partial charge in [-0.2, -0.15) is 8.78 Å². The second-order valence-corrected chi connectivity index (χ2v) is 5.18. The lowest BCUT2D eigenvalue weighted by atomic mass is 10.1. The molecule has 5 heteroatoms. The van der Waals surface area contributed by atoms with Gasteiger partial charge >= 0.3 is 0 Å². The summed E-state index contributed by atoms with van der Waals surface area (Å²) in [4.78, 5) is 1.97. The molecule has 0 aliphatic heterocycles. The Bertz CT molecular complexity index is 680. The first-order valence-corrected chi connectivity index (χ1v) is 6.78. The highest BCUT2D eigenvalue weighted by Crippen LogP contribution is 2.31. The Labute approximate surface area is 128 Å². The van der Waals surface area contributed by atoms with Crippen LogP contribution in [0.15, 0.2) is 48.5 Å². The van der Waals surface area contributed by atoms with Crippen LogP contribution < -0.4 is 10.5 Å². The summed E-state index contributed by atoms with van der Waals surface area (Å²) in [5, 5.41) is 0. The highest BCUT2D eigenvalue weighted by Gasteiger charge is 2.09. The first kappa shape index (κ1) is 16.0. The van der Waals surface area contributed by atoms with Gasteiger partial charge in [0.15, 0.2) is 0 Å². The van der Waals surface area contributed by atoms with Crippen molar-refractivity contribution in [2.24, 2.45) is 0 Å². The van der Waals surface area contributed by atoms with Crippen LogP contribution in [-0.4, -0.2) is 19.0 Å².